The first-order valence-electron chi connectivity index (χ1n) is 22.6. The summed E-state index contributed by atoms with van der Waals surface area (Å²) >= 11 is 0. The Kier molecular flexibility index (Phi) is 12.4. The molecule has 11 heteroatoms. The monoisotopic (exact) mass is 1030 g/mol. The second-order valence-electron chi connectivity index (χ2n) is 17.2. The standard InChI is InChI=1S/C60H40F4N4O2.Pd/c1-36(2)59(69)70-60(57(63)53(61)51(54(62)58(60)64)39-22-12-5-13-23-39)47-34-45-33-43-29-28-41(65-43)32-42-30-31-44(66-42)35-48-49(37-18-8-3-9-19-37)50(38-20-10-4-11-21-38)56(68(48)46-26-16-7-17-27-46)52(55(47)67-45)40-24-14-6-15-25-40;/h3-35,57,65H,1H2,2H3;. The molecule has 0 saturated carbocycles. The number of aromatic nitrogens is 4. The molecular formula is C60H40F4N4O2Pd. The maximum Gasteiger partial charge on any atom is 0.334 e. The molecule has 6 nitrogen and oxygen atoms in total. The summed E-state index contributed by atoms with van der Waals surface area (Å²) in [6.07, 6.45) is 2.07. The number of fused-ring (bicyclic) bond motifs is 8. The number of esters is 1. The fourth-order valence-electron chi connectivity index (χ4n) is 9.48. The van der Waals surface area contributed by atoms with Gasteiger partial charge in [0.25, 0.3) is 0 Å². The van der Waals surface area contributed by atoms with Crippen molar-refractivity contribution >= 4 is 57.4 Å². The summed E-state index contributed by atoms with van der Waals surface area (Å²) in [4.78, 5) is 27.6. The van der Waals surface area contributed by atoms with Gasteiger partial charge in [0.1, 0.15) is 5.83 Å². The summed E-state index contributed by atoms with van der Waals surface area (Å²) in [7, 11) is 0. The van der Waals surface area contributed by atoms with Crippen LogP contribution in [0.15, 0.2) is 212 Å². The van der Waals surface area contributed by atoms with Gasteiger partial charge in [-0.1, -0.05) is 146 Å². The predicted molar refractivity (Wildman–Crippen MR) is 271 cm³/mol. The van der Waals surface area contributed by atoms with Crippen LogP contribution in [0.5, 0.6) is 0 Å². The molecule has 0 fully saturated rings. The smallest absolute Gasteiger partial charge is 0.334 e. The molecule has 1 N–H and O–H groups in total. The number of benzene rings is 5. The van der Waals surface area contributed by atoms with Crippen molar-refractivity contribution in [3.8, 4) is 39.1 Å². The minimum absolute atomic E-state index is 0. The van der Waals surface area contributed by atoms with Gasteiger partial charge in [0.15, 0.2) is 11.7 Å². The fraction of sp³-hybridized carbons (Fsp3) is 0.0500. The summed E-state index contributed by atoms with van der Waals surface area (Å²) in [5.74, 6) is -6.56. The number of allylic oxidation sites excluding steroid dienone is 2. The first-order chi connectivity index (χ1) is 34.1. The van der Waals surface area contributed by atoms with Crippen LogP contribution in [0.25, 0.3) is 90.5 Å². The number of para-hydroxylation sites is 1. The zero-order valence-corrected chi connectivity index (χ0v) is 39.4. The number of halogens is 4. The first-order valence-corrected chi connectivity index (χ1v) is 22.6. The number of nitrogens with zero attached hydrogens (tertiary/aromatic N) is 3. The van der Waals surface area contributed by atoms with E-state index in [1.165, 1.54) is 37.3 Å². The third kappa shape index (κ3) is 8.13. The van der Waals surface area contributed by atoms with Crippen LogP contribution in [0.1, 0.15) is 35.3 Å². The van der Waals surface area contributed by atoms with Crippen molar-refractivity contribution in [3.05, 3.63) is 240 Å². The Morgan fingerprint density at radius 1 is 0.634 bits per heavy atom. The topological polar surface area (TPSA) is 72.8 Å². The van der Waals surface area contributed by atoms with Gasteiger partial charge >= 0.3 is 5.97 Å². The Morgan fingerprint density at radius 3 is 1.69 bits per heavy atom. The van der Waals surface area contributed by atoms with Crippen LogP contribution in [0.3, 0.4) is 0 Å². The van der Waals surface area contributed by atoms with Gasteiger partial charge in [-0.3, -0.25) is 0 Å². The van der Waals surface area contributed by atoms with Crippen molar-refractivity contribution < 1.29 is 47.5 Å². The second-order valence-corrected chi connectivity index (χ2v) is 17.2. The summed E-state index contributed by atoms with van der Waals surface area (Å²) in [6.45, 7) is 4.99. The minimum atomic E-state index is -3.42. The van der Waals surface area contributed by atoms with Crippen molar-refractivity contribution in [2.75, 3.05) is 0 Å². The van der Waals surface area contributed by atoms with Gasteiger partial charge in [-0.2, -0.15) is 0 Å². The quantitative estimate of drug-likeness (QED) is 0.0712. The average Bonchev–Trinajstić information content (AvgIpc) is 4.20. The van der Waals surface area contributed by atoms with Crippen LogP contribution in [-0.4, -0.2) is 37.3 Å². The Bertz CT molecular complexity index is 3720. The molecule has 8 bridgehead atoms. The van der Waals surface area contributed by atoms with Crippen molar-refractivity contribution in [2.45, 2.75) is 18.7 Å². The molecule has 3 aliphatic rings. The van der Waals surface area contributed by atoms with E-state index in [1.807, 2.05) is 152 Å². The van der Waals surface area contributed by atoms with Crippen molar-refractivity contribution in [1.82, 2.24) is 19.5 Å². The fourth-order valence-corrected chi connectivity index (χ4v) is 9.48. The summed E-state index contributed by atoms with van der Waals surface area (Å²) in [5, 5.41) is 0. The van der Waals surface area contributed by atoms with E-state index >= 15 is 17.6 Å². The third-order valence-electron chi connectivity index (χ3n) is 12.6. The molecule has 71 heavy (non-hydrogen) atoms. The zero-order valence-electron chi connectivity index (χ0n) is 37.8. The van der Waals surface area contributed by atoms with Gasteiger partial charge in [0, 0.05) is 65.0 Å². The van der Waals surface area contributed by atoms with E-state index in [1.54, 1.807) is 18.2 Å². The number of ether oxygens (including phenoxy) is 1. The van der Waals surface area contributed by atoms with E-state index in [-0.39, 0.29) is 42.9 Å². The van der Waals surface area contributed by atoms with Gasteiger partial charge < -0.3 is 14.3 Å². The average molecular weight is 1030 g/mol. The number of nitrogens with one attached hydrogen (secondary N) is 1. The molecule has 350 valence electrons. The maximum atomic E-state index is 18.2. The molecule has 8 aromatic rings. The molecule has 5 heterocycles. The molecule has 2 aliphatic heterocycles. The van der Waals surface area contributed by atoms with E-state index in [0.29, 0.717) is 55.8 Å². The third-order valence-corrected chi connectivity index (χ3v) is 12.6. The molecule has 2 unspecified atom stereocenters. The Hall–Kier alpha value is -8.23. The minimum Gasteiger partial charge on any atom is -0.440 e. The molecule has 0 spiro atoms. The molecule has 1 aliphatic carbocycles. The molecule has 0 saturated heterocycles. The van der Waals surface area contributed by atoms with Crippen LogP contribution in [0.4, 0.5) is 17.6 Å². The molecule has 5 aromatic carbocycles. The zero-order chi connectivity index (χ0) is 48.1. The van der Waals surface area contributed by atoms with Gasteiger partial charge in [0.05, 0.1) is 39.4 Å². The van der Waals surface area contributed by atoms with Gasteiger partial charge in [-0.15, -0.1) is 0 Å². The van der Waals surface area contributed by atoms with E-state index in [2.05, 4.69) is 16.1 Å². The Morgan fingerprint density at radius 2 is 1.13 bits per heavy atom. The first kappa shape index (κ1) is 46.5. The van der Waals surface area contributed by atoms with Crippen LogP contribution in [-0.2, 0) is 30.0 Å². The molecule has 2 atom stereocenters. The molecule has 0 radical (unpaired) electrons. The van der Waals surface area contributed by atoms with Crippen LogP contribution < -0.4 is 0 Å². The van der Waals surface area contributed by atoms with E-state index < -0.39 is 46.4 Å². The van der Waals surface area contributed by atoms with Crippen LogP contribution in [0, 0.1) is 0 Å². The molecule has 11 rings (SSSR count). The number of hydrogen-bond acceptors (Lipinski definition) is 4. The molecular weight excluding hydrogens is 991 g/mol. The van der Waals surface area contributed by atoms with Crippen LogP contribution in [0.2, 0.25) is 0 Å². The van der Waals surface area contributed by atoms with E-state index in [0.717, 1.165) is 16.7 Å². The van der Waals surface area contributed by atoms with Gasteiger partial charge in [-0.25, -0.2) is 32.3 Å². The Labute approximate surface area is 420 Å². The normalized spacial score (nSPS) is 16.4. The summed E-state index contributed by atoms with van der Waals surface area (Å²) < 4.78 is 79.0. The number of carbonyl (C=O) groups excluding carboxylic acids is 1. The second kappa shape index (κ2) is 18.9. The number of aromatic amines is 1. The van der Waals surface area contributed by atoms with E-state index in [4.69, 9.17) is 14.7 Å². The van der Waals surface area contributed by atoms with Crippen molar-refractivity contribution in [2.24, 2.45) is 0 Å². The SMILES string of the molecule is C=C(C)C(=O)OC1(C2=Cc3cc4ccc(cc5nc(cc6c(-c7ccccc7)c(-c7ccccc7)c(c(-c7ccccc7)c2n3)n6-c2ccccc2)C=C5)[nH]4)C(F)=C(F)C(c2ccccc2)=C(F)C1F.[Pd]. The number of hydrogen-bond donors (Lipinski definition) is 1. The largest absolute Gasteiger partial charge is 0.440 e. The summed E-state index contributed by atoms with van der Waals surface area (Å²) in [5.41, 5.74) is 3.09. The maximum absolute atomic E-state index is 18.2. The number of carbonyl (C=O) groups is 1. The van der Waals surface area contributed by atoms with Crippen molar-refractivity contribution in [1.29, 1.82) is 0 Å². The number of H-pyrrole nitrogens is 1. The van der Waals surface area contributed by atoms with Gasteiger partial charge in [-0.05, 0) is 89.9 Å². The summed E-state index contributed by atoms with van der Waals surface area (Å²) in [6, 6.07) is 54.7. The van der Waals surface area contributed by atoms with E-state index in [9.17, 15) is 4.79 Å². The van der Waals surface area contributed by atoms with Gasteiger partial charge in [0.2, 0.25) is 11.8 Å². The number of alkyl halides is 1. The predicted octanol–water partition coefficient (Wildman–Crippen LogP) is 15.2. The Balaban J connectivity index is 0.00000582. The van der Waals surface area contributed by atoms with Crippen LogP contribution >= 0.6 is 0 Å². The number of rotatable bonds is 8. The molecule has 0 amide bonds. The molecule has 3 aromatic heterocycles. The van der Waals surface area contributed by atoms with Crippen molar-refractivity contribution in [3.63, 3.8) is 0 Å².